The number of hydrogen-bond donors (Lipinski definition) is 0. The minimum atomic E-state index is -1.62. The van der Waals surface area contributed by atoms with Gasteiger partial charge in [0.2, 0.25) is 0 Å². The zero-order valence-corrected chi connectivity index (χ0v) is 14.5. The predicted octanol–water partition coefficient (Wildman–Crippen LogP) is 4.77. The molecular formula is C16H20ClNO2Si. The molecule has 1 amide bonds. The third-order valence-corrected chi connectivity index (χ3v) is 5.82. The van der Waals surface area contributed by atoms with Gasteiger partial charge in [-0.15, -0.1) is 0 Å². The van der Waals surface area contributed by atoms with Crippen LogP contribution in [0.1, 0.15) is 6.92 Å². The molecular weight excluding hydrogens is 302 g/mol. The minimum Gasteiger partial charge on any atom is -0.410 e. The maximum atomic E-state index is 12.4. The number of hydrogen-bond acceptors (Lipinski definition) is 2. The second kappa shape index (κ2) is 6.08. The van der Waals surface area contributed by atoms with Crippen LogP contribution in [-0.2, 0) is 0 Å². The first-order chi connectivity index (χ1) is 9.79. The molecule has 0 bridgehead atoms. The molecule has 1 aliphatic rings. The summed E-state index contributed by atoms with van der Waals surface area (Å²) in [6.45, 7) is 8.52. The fraction of sp³-hybridized carbons (Fsp3) is 0.312. The standard InChI is InChI=1S/C16H20ClNO2Si/c1-12-10-14(17)15(21(2,3)4)11-18(12)16(19)20-13-8-6-5-7-9-13/h5-12H,1-4H3. The van der Waals surface area contributed by atoms with Crippen LogP contribution < -0.4 is 4.74 Å². The van der Waals surface area contributed by atoms with Crippen molar-refractivity contribution in [3.05, 3.63) is 52.8 Å². The summed E-state index contributed by atoms with van der Waals surface area (Å²) in [5, 5.41) is 1.82. The molecule has 1 aromatic rings. The number of para-hydroxylation sites is 1. The molecule has 21 heavy (non-hydrogen) atoms. The Hall–Kier alpha value is -1.52. The second-order valence-corrected chi connectivity index (χ2v) is 11.6. The number of carbonyl (C=O) groups excluding carboxylic acids is 1. The summed E-state index contributed by atoms with van der Waals surface area (Å²) in [7, 11) is -1.62. The van der Waals surface area contributed by atoms with E-state index in [1.807, 2.05) is 37.4 Å². The summed E-state index contributed by atoms with van der Waals surface area (Å²) in [6, 6.07) is 8.96. The minimum absolute atomic E-state index is 0.117. The van der Waals surface area contributed by atoms with Crippen LogP contribution in [0.3, 0.4) is 0 Å². The van der Waals surface area contributed by atoms with Crippen LogP contribution in [0, 0.1) is 0 Å². The Morgan fingerprint density at radius 2 is 1.86 bits per heavy atom. The largest absolute Gasteiger partial charge is 0.419 e. The maximum Gasteiger partial charge on any atom is 0.419 e. The molecule has 0 saturated carbocycles. The van der Waals surface area contributed by atoms with Gasteiger partial charge in [0.25, 0.3) is 0 Å². The first-order valence-corrected chi connectivity index (χ1v) is 10.8. The van der Waals surface area contributed by atoms with Crippen LogP contribution in [0.4, 0.5) is 4.79 Å². The number of ether oxygens (including phenoxy) is 1. The highest BCUT2D eigenvalue weighted by atomic mass is 35.5. The van der Waals surface area contributed by atoms with E-state index < -0.39 is 8.07 Å². The molecule has 1 unspecified atom stereocenters. The average molecular weight is 322 g/mol. The van der Waals surface area contributed by atoms with Crippen LogP contribution in [0.15, 0.2) is 52.8 Å². The second-order valence-electron chi connectivity index (χ2n) is 6.14. The van der Waals surface area contributed by atoms with Crippen LogP contribution >= 0.6 is 11.6 Å². The summed E-state index contributed by atoms with van der Waals surface area (Å²) in [4.78, 5) is 14.0. The zero-order valence-electron chi connectivity index (χ0n) is 12.8. The third-order valence-electron chi connectivity index (χ3n) is 3.32. The van der Waals surface area contributed by atoms with E-state index in [4.69, 9.17) is 16.3 Å². The number of nitrogens with zero attached hydrogens (tertiary/aromatic N) is 1. The van der Waals surface area contributed by atoms with Crippen molar-refractivity contribution < 1.29 is 9.53 Å². The van der Waals surface area contributed by atoms with Gasteiger partial charge in [-0.1, -0.05) is 49.4 Å². The Morgan fingerprint density at radius 1 is 1.24 bits per heavy atom. The first-order valence-electron chi connectivity index (χ1n) is 6.94. The van der Waals surface area contributed by atoms with Crippen molar-refractivity contribution in [2.24, 2.45) is 0 Å². The predicted molar refractivity (Wildman–Crippen MR) is 89.1 cm³/mol. The SMILES string of the molecule is CC1C=C(Cl)C([Si](C)(C)C)=CN1C(=O)Oc1ccccc1. The van der Waals surface area contributed by atoms with Crippen molar-refractivity contribution in [3.63, 3.8) is 0 Å². The molecule has 0 aromatic heterocycles. The Morgan fingerprint density at radius 3 is 2.43 bits per heavy atom. The molecule has 1 heterocycles. The summed E-state index contributed by atoms with van der Waals surface area (Å²) < 4.78 is 5.41. The van der Waals surface area contributed by atoms with E-state index >= 15 is 0 Å². The molecule has 0 aliphatic carbocycles. The van der Waals surface area contributed by atoms with E-state index in [1.165, 1.54) is 0 Å². The van der Waals surface area contributed by atoms with Crippen molar-refractivity contribution in [1.82, 2.24) is 4.90 Å². The van der Waals surface area contributed by atoms with Crippen molar-refractivity contribution in [2.75, 3.05) is 0 Å². The lowest BCUT2D eigenvalue weighted by atomic mass is 10.2. The number of allylic oxidation sites excluding steroid dienone is 2. The normalized spacial score (nSPS) is 18.9. The first kappa shape index (κ1) is 15.9. The van der Waals surface area contributed by atoms with E-state index in [2.05, 4.69) is 19.6 Å². The van der Waals surface area contributed by atoms with Crippen LogP contribution in [-0.4, -0.2) is 25.1 Å². The number of benzene rings is 1. The fourth-order valence-electron chi connectivity index (χ4n) is 2.11. The molecule has 1 aromatic carbocycles. The van der Waals surface area contributed by atoms with E-state index in [0.29, 0.717) is 5.75 Å². The number of halogens is 1. The highest BCUT2D eigenvalue weighted by Gasteiger charge is 2.30. The molecule has 112 valence electrons. The lowest BCUT2D eigenvalue weighted by molar-refractivity contribution is 0.163. The summed E-state index contributed by atoms with van der Waals surface area (Å²) in [5.41, 5.74) is 0. The fourth-order valence-corrected chi connectivity index (χ4v) is 4.52. The Bertz CT molecular complexity index is 590. The molecule has 3 nitrogen and oxygen atoms in total. The number of amides is 1. The Labute approximate surface area is 131 Å². The number of carbonyl (C=O) groups is 1. The van der Waals surface area contributed by atoms with Gasteiger partial charge in [-0.25, -0.2) is 4.79 Å². The van der Waals surface area contributed by atoms with E-state index in [-0.39, 0.29) is 12.1 Å². The third kappa shape index (κ3) is 3.77. The van der Waals surface area contributed by atoms with Crippen molar-refractivity contribution >= 4 is 25.8 Å². The van der Waals surface area contributed by atoms with Gasteiger partial charge in [0.05, 0.1) is 14.1 Å². The quantitative estimate of drug-likeness (QED) is 0.734. The maximum absolute atomic E-state index is 12.4. The lowest BCUT2D eigenvalue weighted by Crippen LogP contribution is -2.40. The Kier molecular flexibility index (Phi) is 4.59. The lowest BCUT2D eigenvalue weighted by Gasteiger charge is -2.32. The molecule has 0 spiro atoms. The van der Waals surface area contributed by atoms with E-state index in [1.54, 1.807) is 17.0 Å². The van der Waals surface area contributed by atoms with Gasteiger partial charge in [0, 0.05) is 11.2 Å². The molecule has 0 N–H and O–H groups in total. The van der Waals surface area contributed by atoms with Gasteiger partial charge in [-0.2, -0.15) is 0 Å². The zero-order chi connectivity index (χ0) is 15.6. The molecule has 0 fully saturated rings. The van der Waals surface area contributed by atoms with Gasteiger partial charge in [0.15, 0.2) is 0 Å². The van der Waals surface area contributed by atoms with Gasteiger partial charge >= 0.3 is 6.09 Å². The van der Waals surface area contributed by atoms with E-state index in [0.717, 1.165) is 10.2 Å². The highest BCUT2D eigenvalue weighted by molar-refractivity contribution is 6.85. The average Bonchev–Trinajstić information content (AvgIpc) is 2.38. The molecule has 0 saturated heterocycles. The smallest absolute Gasteiger partial charge is 0.410 e. The molecule has 1 aliphatic heterocycles. The highest BCUT2D eigenvalue weighted by Crippen LogP contribution is 2.31. The van der Waals surface area contributed by atoms with Crippen LogP contribution in [0.2, 0.25) is 19.6 Å². The van der Waals surface area contributed by atoms with Crippen molar-refractivity contribution in [2.45, 2.75) is 32.6 Å². The van der Waals surface area contributed by atoms with Crippen molar-refractivity contribution in [1.29, 1.82) is 0 Å². The van der Waals surface area contributed by atoms with Gasteiger partial charge in [0.1, 0.15) is 5.75 Å². The van der Waals surface area contributed by atoms with Crippen LogP contribution in [0.5, 0.6) is 5.75 Å². The molecule has 2 rings (SSSR count). The molecule has 5 heteroatoms. The van der Waals surface area contributed by atoms with Crippen molar-refractivity contribution in [3.8, 4) is 5.75 Å². The van der Waals surface area contributed by atoms with Gasteiger partial charge in [-0.3, -0.25) is 4.90 Å². The summed E-state index contributed by atoms with van der Waals surface area (Å²) in [6.07, 6.45) is 3.37. The topological polar surface area (TPSA) is 29.5 Å². The number of rotatable bonds is 2. The van der Waals surface area contributed by atoms with Gasteiger partial charge in [-0.05, 0) is 30.3 Å². The summed E-state index contributed by atoms with van der Waals surface area (Å²) in [5.74, 6) is 0.540. The molecule has 1 atom stereocenters. The van der Waals surface area contributed by atoms with E-state index in [9.17, 15) is 4.79 Å². The monoisotopic (exact) mass is 321 g/mol. The molecule has 0 radical (unpaired) electrons. The Balaban J connectivity index is 2.22. The summed E-state index contributed by atoms with van der Waals surface area (Å²) >= 11 is 6.34. The van der Waals surface area contributed by atoms with Gasteiger partial charge < -0.3 is 4.74 Å². The van der Waals surface area contributed by atoms with Crippen LogP contribution in [0.25, 0.3) is 0 Å².